The van der Waals surface area contributed by atoms with E-state index in [0.29, 0.717) is 0 Å². The number of alkyl halides is 1. The Labute approximate surface area is 85.9 Å². The molecule has 0 atom stereocenters. The fourth-order valence-electron chi connectivity index (χ4n) is 0.532. The molecule has 0 unspecified atom stereocenters. The van der Waals surface area contributed by atoms with Crippen LogP contribution in [0.2, 0.25) is 0 Å². The maximum Gasteiger partial charge on any atom is 0.325 e. The second-order valence-corrected chi connectivity index (χ2v) is 2.53. The molecule has 0 bridgehead atoms. The summed E-state index contributed by atoms with van der Waals surface area (Å²) in [4.78, 5) is 32.1. The lowest BCUT2D eigenvalue weighted by Crippen LogP contribution is -2.39. The first-order chi connectivity index (χ1) is 6.60. The van der Waals surface area contributed by atoms with Gasteiger partial charge >= 0.3 is 5.97 Å². The summed E-state index contributed by atoms with van der Waals surface area (Å²) in [5, 5.41) is 4.48. The normalized spacial score (nSPS) is 9.00. The van der Waals surface area contributed by atoms with Gasteiger partial charge in [0.1, 0.15) is 12.4 Å². The highest BCUT2D eigenvalue weighted by atomic mass is 35.5. The average molecular weight is 223 g/mol. The van der Waals surface area contributed by atoms with Crippen LogP contribution in [-0.2, 0) is 19.1 Å². The lowest BCUT2D eigenvalue weighted by atomic mass is 10.5. The van der Waals surface area contributed by atoms with E-state index in [-0.39, 0.29) is 19.0 Å². The smallest absolute Gasteiger partial charge is 0.325 e. The van der Waals surface area contributed by atoms with Crippen molar-refractivity contribution in [3.05, 3.63) is 0 Å². The molecule has 0 aromatic rings. The zero-order chi connectivity index (χ0) is 11.0. The molecule has 0 aromatic carbocycles. The van der Waals surface area contributed by atoms with Crippen LogP contribution in [0.15, 0.2) is 0 Å². The van der Waals surface area contributed by atoms with Crippen LogP contribution in [0, 0.1) is 0 Å². The topological polar surface area (TPSA) is 84.5 Å². The van der Waals surface area contributed by atoms with Gasteiger partial charge in [-0.05, 0) is 0 Å². The molecule has 14 heavy (non-hydrogen) atoms. The monoisotopic (exact) mass is 222 g/mol. The van der Waals surface area contributed by atoms with E-state index < -0.39 is 17.8 Å². The Morgan fingerprint density at radius 3 is 2.21 bits per heavy atom. The fourth-order valence-corrected chi connectivity index (χ4v) is 0.626. The summed E-state index contributed by atoms with van der Waals surface area (Å²) in [7, 11) is 1.21. The number of nitrogens with one attached hydrogen (secondary N) is 2. The molecule has 0 aliphatic rings. The molecule has 0 spiro atoms. The predicted molar refractivity (Wildman–Crippen MR) is 48.8 cm³/mol. The Kier molecular flexibility index (Phi) is 6.47. The maximum atomic E-state index is 10.9. The second-order valence-electron chi connectivity index (χ2n) is 2.26. The Morgan fingerprint density at radius 1 is 1.14 bits per heavy atom. The van der Waals surface area contributed by atoms with Crippen molar-refractivity contribution < 1.29 is 19.1 Å². The van der Waals surface area contributed by atoms with Crippen molar-refractivity contribution in [2.75, 3.05) is 26.1 Å². The molecular formula is C7H11ClN2O4. The average Bonchev–Trinajstić information content (AvgIpc) is 2.22. The number of rotatable bonds is 5. The molecule has 0 aliphatic carbocycles. The van der Waals surface area contributed by atoms with Gasteiger partial charge in [-0.15, -0.1) is 11.6 Å². The van der Waals surface area contributed by atoms with Crippen molar-refractivity contribution >= 4 is 29.4 Å². The molecule has 0 fully saturated rings. The lowest BCUT2D eigenvalue weighted by Gasteiger charge is -2.04. The van der Waals surface area contributed by atoms with E-state index in [2.05, 4.69) is 15.4 Å². The van der Waals surface area contributed by atoms with Crippen molar-refractivity contribution in [3.8, 4) is 0 Å². The Morgan fingerprint density at radius 2 is 1.71 bits per heavy atom. The van der Waals surface area contributed by atoms with Crippen LogP contribution < -0.4 is 10.6 Å². The Balaban J connectivity index is 3.56. The number of methoxy groups -OCH3 is 1. The van der Waals surface area contributed by atoms with Crippen molar-refractivity contribution in [1.29, 1.82) is 0 Å². The summed E-state index contributed by atoms with van der Waals surface area (Å²) >= 11 is 5.17. The van der Waals surface area contributed by atoms with Crippen molar-refractivity contribution in [3.63, 3.8) is 0 Å². The number of esters is 1. The van der Waals surface area contributed by atoms with Crippen LogP contribution in [-0.4, -0.2) is 43.9 Å². The first-order valence-electron chi connectivity index (χ1n) is 3.76. The first-order valence-corrected chi connectivity index (χ1v) is 4.29. The van der Waals surface area contributed by atoms with Crippen LogP contribution >= 0.6 is 11.6 Å². The van der Waals surface area contributed by atoms with E-state index in [1.807, 2.05) is 0 Å². The quantitative estimate of drug-likeness (QED) is 0.444. The van der Waals surface area contributed by atoms with E-state index in [1.54, 1.807) is 0 Å². The molecule has 0 saturated heterocycles. The minimum absolute atomic E-state index is 0.204. The van der Waals surface area contributed by atoms with Crippen LogP contribution in [0.1, 0.15) is 0 Å². The first kappa shape index (κ1) is 12.7. The van der Waals surface area contributed by atoms with Gasteiger partial charge in [0, 0.05) is 0 Å². The molecule has 0 saturated carbocycles. The zero-order valence-corrected chi connectivity index (χ0v) is 8.39. The Hall–Kier alpha value is -1.30. The number of carbonyl (C=O) groups excluding carboxylic acids is 3. The van der Waals surface area contributed by atoms with Gasteiger partial charge in [-0.3, -0.25) is 14.4 Å². The van der Waals surface area contributed by atoms with Crippen LogP contribution in [0.25, 0.3) is 0 Å². The van der Waals surface area contributed by atoms with E-state index >= 15 is 0 Å². The third-order valence-corrected chi connectivity index (χ3v) is 1.47. The standard InChI is InChI=1S/C7H11ClN2O4/c1-14-7(13)4-10-6(12)3-9-5(11)2-8/h2-4H2,1H3,(H,9,11)(H,10,12). The SMILES string of the molecule is COC(=O)CNC(=O)CNC(=O)CCl. The summed E-state index contributed by atoms with van der Waals surface area (Å²) in [5.74, 6) is -1.68. The van der Waals surface area contributed by atoms with Gasteiger partial charge in [-0.25, -0.2) is 0 Å². The summed E-state index contributed by atoms with van der Waals surface area (Å²) < 4.78 is 4.29. The van der Waals surface area contributed by atoms with Gasteiger partial charge < -0.3 is 15.4 Å². The number of ether oxygens (including phenoxy) is 1. The van der Waals surface area contributed by atoms with Gasteiger partial charge in [-0.2, -0.15) is 0 Å². The largest absolute Gasteiger partial charge is 0.468 e. The molecule has 7 heteroatoms. The zero-order valence-electron chi connectivity index (χ0n) is 7.63. The number of amides is 2. The Bertz CT molecular complexity index is 210. The molecule has 0 radical (unpaired) electrons. The summed E-state index contributed by atoms with van der Waals surface area (Å²) in [6.07, 6.45) is 0. The fraction of sp³-hybridized carbons (Fsp3) is 0.571. The van der Waals surface area contributed by atoms with E-state index in [4.69, 9.17) is 11.6 Å². The predicted octanol–water partition coefficient (Wildman–Crippen LogP) is -1.37. The molecule has 0 aliphatic heterocycles. The highest BCUT2D eigenvalue weighted by Crippen LogP contribution is 1.74. The van der Waals surface area contributed by atoms with Crippen molar-refractivity contribution in [1.82, 2.24) is 10.6 Å². The van der Waals surface area contributed by atoms with Gasteiger partial charge in [0.2, 0.25) is 11.8 Å². The van der Waals surface area contributed by atoms with Crippen LogP contribution in [0.3, 0.4) is 0 Å². The van der Waals surface area contributed by atoms with Gasteiger partial charge in [0.05, 0.1) is 13.7 Å². The van der Waals surface area contributed by atoms with Gasteiger partial charge in [-0.1, -0.05) is 0 Å². The minimum atomic E-state index is -0.554. The third kappa shape index (κ3) is 6.24. The molecular weight excluding hydrogens is 212 g/mol. The molecule has 2 amide bonds. The van der Waals surface area contributed by atoms with Crippen LogP contribution in [0.4, 0.5) is 0 Å². The highest BCUT2D eigenvalue weighted by molar-refractivity contribution is 6.27. The van der Waals surface area contributed by atoms with Crippen LogP contribution in [0.5, 0.6) is 0 Å². The highest BCUT2D eigenvalue weighted by Gasteiger charge is 2.06. The summed E-state index contributed by atoms with van der Waals surface area (Å²) in [5.41, 5.74) is 0. The van der Waals surface area contributed by atoms with E-state index in [9.17, 15) is 14.4 Å². The summed E-state index contributed by atoms with van der Waals surface area (Å²) in [6, 6.07) is 0. The van der Waals surface area contributed by atoms with E-state index in [0.717, 1.165) is 0 Å². The number of hydrogen-bond acceptors (Lipinski definition) is 4. The molecule has 0 heterocycles. The summed E-state index contributed by atoms with van der Waals surface area (Å²) in [6.45, 7) is -0.422. The molecule has 80 valence electrons. The van der Waals surface area contributed by atoms with Gasteiger partial charge in [0.15, 0.2) is 0 Å². The molecule has 6 nitrogen and oxygen atoms in total. The van der Waals surface area contributed by atoms with Gasteiger partial charge in [0.25, 0.3) is 0 Å². The number of halogens is 1. The minimum Gasteiger partial charge on any atom is -0.468 e. The number of carbonyl (C=O) groups is 3. The second kappa shape index (κ2) is 7.14. The van der Waals surface area contributed by atoms with Crippen molar-refractivity contribution in [2.24, 2.45) is 0 Å². The molecule has 2 N–H and O–H groups in total. The molecule has 0 aromatic heterocycles. The van der Waals surface area contributed by atoms with Crippen molar-refractivity contribution in [2.45, 2.75) is 0 Å². The van der Waals surface area contributed by atoms with E-state index in [1.165, 1.54) is 7.11 Å². The lowest BCUT2D eigenvalue weighted by molar-refractivity contribution is -0.141. The number of hydrogen-bond donors (Lipinski definition) is 2. The molecule has 0 rings (SSSR count). The maximum absolute atomic E-state index is 10.9. The third-order valence-electron chi connectivity index (χ3n) is 1.23.